The number of rotatable bonds is 5. The van der Waals surface area contributed by atoms with Crippen molar-refractivity contribution >= 4 is 5.91 Å². The number of carbonyl (C=O) groups is 1. The molecular weight excluding hydrogens is 204 g/mol. The van der Waals surface area contributed by atoms with Gasteiger partial charge in [-0.05, 0) is 20.8 Å². The molecule has 0 saturated carbocycles. The monoisotopic (exact) mass is 224 g/mol. The summed E-state index contributed by atoms with van der Waals surface area (Å²) in [6.07, 6.45) is 1.80. The van der Waals surface area contributed by atoms with E-state index in [4.69, 9.17) is 0 Å². The van der Waals surface area contributed by atoms with Crippen LogP contribution in [0.2, 0.25) is 0 Å². The van der Waals surface area contributed by atoms with Crippen LogP contribution >= 0.6 is 0 Å². The third-order valence-corrected chi connectivity index (χ3v) is 2.66. The molecule has 1 rings (SSSR count). The highest BCUT2D eigenvalue weighted by molar-refractivity contribution is 5.81. The smallest absolute Gasteiger partial charge is 0.226 e. The fraction of sp³-hybridized carbons (Fsp3) is 0.636. The molecule has 0 aliphatic carbocycles. The normalized spacial score (nSPS) is 11.5. The molecule has 0 fully saturated rings. The maximum atomic E-state index is 11.5. The first-order valence-corrected chi connectivity index (χ1v) is 5.39. The molecule has 1 aromatic heterocycles. The fourth-order valence-corrected chi connectivity index (χ4v) is 1.48. The van der Waals surface area contributed by atoms with Crippen LogP contribution in [-0.2, 0) is 11.3 Å². The molecule has 0 atom stereocenters. The molecule has 1 aromatic rings. The Balaban J connectivity index is 2.41. The van der Waals surface area contributed by atoms with Crippen LogP contribution in [0.4, 0.5) is 0 Å². The molecule has 0 saturated heterocycles. The Morgan fingerprint density at radius 3 is 2.75 bits per heavy atom. The third-order valence-electron chi connectivity index (χ3n) is 2.66. The Labute approximate surface area is 96.0 Å². The lowest BCUT2D eigenvalue weighted by Crippen LogP contribution is -2.41. The topological polar surface area (TPSA) is 69.8 Å². The first kappa shape index (κ1) is 12.7. The van der Waals surface area contributed by atoms with Crippen molar-refractivity contribution in [1.29, 1.82) is 0 Å². The van der Waals surface area contributed by atoms with Gasteiger partial charge in [-0.25, -0.2) is 0 Å². The zero-order chi connectivity index (χ0) is 12.2. The fourth-order valence-electron chi connectivity index (χ4n) is 1.48. The van der Waals surface area contributed by atoms with E-state index in [1.807, 2.05) is 20.8 Å². The number of aromatic nitrogens is 2. The molecule has 0 radical (unpaired) electrons. The van der Waals surface area contributed by atoms with Gasteiger partial charge in [-0.15, -0.1) is 0 Å². The minimum atomic E-state index is -0.396. The Morgan fingerprint density at radius 1 is 1.56 bits per heavy atom. The number of hydrogen-bond donors (Lipinski definition) is 3. The molecule has 1 amide bonds. The van der Waals surface area contributed by atoms with Crippen LogP contribution < -0.4 is 10.6 Å². The van der Waals surface area contributed by atoms with Gasteiger partial charge in [0.25, 0.3) is 0 Å². The van der Waals surface area contributed by atoms with E-state index in [9.17, 15) is 4.79 Å². The highest BCUT2D eigenvalue weighted by Gasteiger charge is 2.25. The van der Waals surface area contributed by atoms with Crippen LogP contribution in [0.15, 0.2) is 6.20 Å². The lowest BCUT2D eigenvalue weighted by atomic mass is 9.92. The number of hydrogen-bond acceptors (Lipinski definition) is 3. The van der Waals surface area contributed by atoms with Gasteiger partial charge in [-0.2, -0.15) is 5.10 Å². The molecular formula is C11H20N4O. The molecule has 0 aromatic carbocycles. The Kier molecular flexibility index (Phi) is 4.06. The van der Waals surface area contributed by atoms with E-state index in [0.717, 1.165) is 17.8 Å². The van der Waals surface area contributed by atoms with Crippen LogP contribution in [0.5, 0.6) is 0 Å². The maximum absolute atomic E-state index is 11.5. The van der Waals surface area contributed by atoms with Crippen molar-refractivity contribution in [2.24, 2.45) is 5.41 Å². The molecule has 5 nitrogen and oxygen atoms in total. The predicted molar refractivity (Wildman–Crippen MR) is 62.9 cm³/mol. The van der Waals surface area contributed by atoms with Crippen molar-refractivity contribution in [3.05, 3.63) is 17.5 Å². The summed E-state index contributed by atoms with van der Waals surface area (Å²) in [5.41, 5.74) is 1.80. The van der Waals surface area contributed by atoms with E-state index in [1.165, 1.54) is 0 Å². The summed E-state index contributed by atoms with van der Waals surface area (Å²) >= 11 is 0. The molecule has 16 heavy (non-hydrogen) atoms. The summed E-state index contributed by atoms with van der Waals surface area (Å²) in [5.74, 6) is 0.0453. The van der Waals surface area contributed by atoms with Crippen molar-refractivity contribution in [1.82, 2.24) is 20.8 Å². The van der Waals surface area contributed by atoms with Gasteiger partial charge in [-0.3, -0.25) is 9.89 Å². The second-order valence-corrected chi connectivity index (χ2v) is 4.59. The number of amides is 1. The van der Waals surface area contributed by atoms with E-state index in [-0.39, 0.29) is 5.91 Å². The maximum Gasteiger partial charge on any atom is 0.226 e. The summed E-state index contributed by atoms with van der Waals surface area (Å²) in [4.78, 5) is 11.5. The summed E-state index contributed by atoms with van der Waals surface area (Å²) in [6, 6.07) is 0. The third kappa shape index (κ3) is 3.06. The molecule has 0 spiro atoms. The van der Waals surface area contributed by atoms with Crippen LogP contribution in [0, 0.1) is 12.3 Å². The van der Waals surface area contributed by atoms with Crippen LogP contribution in [0.1, 0.15) is 25.1 Å². The summed E-state index contributed by atoms with van der Waals surface area (Å²) in [7, 11) is 1.66. The van der Waals surface area contributed by atoms with Gasteiger partial charge in [0.15, 0.2) is 0 Å². The predicted octanol–water partition coefficient (Wildman–Crippen LogP) is 0.580. The second-order valence-electron chi connectivity index (χ2n) is 4.59. The quantitative estimate of drug-likeness (QED) is 0.685. The van der Waals surface area contributed by atoms with Crippen molar-refractivity contribution < 1.29 is 4.79 Å². The Bertz CT molecular complexity index is 357. The standard InChI is InChI=1S/C11H20N4O/c1-8-9(6-14-15-8)5-13-7-11(2,3)10(16)12-4/h6,13H,5,7H2,1-4H3,(H,12,16)(H,14,15). The SMILES string of the molecule is CNC(=O)C(C)(C)CNCc1cn[nH]c1C. The van der Waals surface area contributed by atoms with Crippen molar-refractivity contribution in [2.75, 3.05) is 13.6 Å². The van der Waals surface area contributed by atoms with E-state index < -0.39 is 5.41 Å². The molecule has 5 heteroatoms. The minimum absolute atomic E-state index is 0.0453. The van der Waals surface area contributed by atoms with E-state index in [2.05, 4.69) is 20.8 Å². The number of aromatic amines is 1. The number of H-pyrrole nitrogens is 1. The van der Waals surface area contributed by atoms with Gasteiger partial charge in [-0.1, -0.05) is 0 Å². The van der Waals surface area contributed by atoms with Crippen molar-refractivity contribution in [3.8, 4) is 0 Å². The average molecular weight is 224 g/mol. The van der Waals surface area contributed by atoms with E-state index >= 15 is 0 Å². The zero-order valence-electron chi connectivity index (χ0n) is 10.3. The van der Waals surface area contributed by atoms with E-state index in [1.54, 1.807) is 13.2 Å². The minimum Gasteiger partial charge on any atom is -0.359 e. The molecule has 90 valence electrons. The molecule has 3 N–H and O–H groups in total. The summed E-state index contributed by atoms with van der Waals surface area (Å²) in [6.45, 7) is 7.18. The Morgan fingerprint density at radius 2 is 2.25 bits per heavy atom. The van der Waals surface area contributed by atoms with Crippen LogP contribution in [0.3, 0.4) is 0 Å². The molecule has 1 heterocycles. The van der Waals surface area contributed by atoms with Gasteiger partial charge in [0.05, 0.1) is 11.6 Å². The van der Waals surface area contributed by atoms with Gasteiger partial charge < -0.3 is 10.6 Å². The van der Waals surface area contributed by atoms with Crippen molar-refractivity contribution in [2.45, 2.75) is 27.3 Å². The van der Waals surface area contributed by atoms with Gasteiger partial charge in [0.1, 0.15) is 0 Å². The highest BCUT2D eigenvalue weighted by Crippen LogP contribution is 2.13. The number of carbonyl (C=O) groups excluding carboxylic acids is 1. The van der Waals surface area contributed by atoms with Crippen LogP contribution in [-0.4, -0.2) is 29.7 Å². The first-order valence-electron chi connectivity index (χ1n) is 5.39. The van der Waals surface area contributed by atoms with Gasteiger partial charge in [0, 0.05) is 31.4 Å². The zero-order valence-corrected chi connectivity index (χ0v) is 10.3. The van der Waals surface area contributed by atoms with Crippen molar-refractivity contribution in [3.63, 3.8) is 0 Å². The highest BCUT2D eigenvalue weighted by atomic mass is 16.2. The molecule has 0 bridgehead atoms. The molecule has 0 aliphatic heterocycles. The van der Waals surface area contributed by atoms with E-state index in [0.29, 0.717) is 6.54 Å². The lowest BCUT2D eigenvalue weighted by Gasteiger charge is -2.22. The molecule has 0 unspecified atom stereocenters. The number of nitrogens with one attached hydrogen (secondary N) is 3. The lowest BCUT2D eigenvalue weighted by molar-refractivity contribution is -0.128. The first-order chi connectivity index (χ1) is 7.47. The second kappa shape index (κ2) is 5.12. The average Bonchev–Trinajstić information content (AvgIpc) is 2.63. The van der Waals surface area contributed by atoms with Gasteiger partial charge in [0.2, 0.25) is 5.91 Å². The van der Waals surface area contributed by atoms with Crippen LogP contribution in [0.25, 0.3) is 0 Å². The molecule has 0 aliphatic rings. The number of aryl methyl sites for hydroxylation is 1. The Hall–Kier alpha value is -1.36. The largest absolute Gasteiger partial charge is 0.359 e. The number of nitrogens with zero attached hydrogens (tertiary/aromatic N) is 1. The summed E-state index contributed by atoms with van der Waals surface area (Å²) < 4.78 is 0. The van der Waals surface area contributed by atoms with Gasteiger partial charge >= 0.3 is 0 Å². The summed E-state index contributed by atoms with van der Waals surface area (Å²) in [5, 5.41) is 12.8.